The van der Waals surface area contributed by atoms with Gasteiger partial charge in [-0.25, -0.2) is 8.42 Å². The topological polar surface area (TPSA) is 63.4 Å². The summed E-state index contributed by atoms with van der Waals surface area (Å²) in [5.41, 5.74) is 6.88. The maximum atomic E-state index is 12.5. The van der Waals surface area contributed by atoms with Gasteiger partial charge in [-0.15, -0.1) is 0 Å². The van der Waals surface area contributed by atoms with Crippen LogP contribution in [0.15, 0.2) is 23.1 Å². The quantitative estimate of drug-likeness (QED) is 0.836. The van der Waals surface area contributed by atoms with E-state index in [0.29, 0.717) is 10.6 Å². The lowest BCUT2D eigenvalue weighted by Crippen LogP contribution is -2.36. The van der Waals surface area contributed by atoms with Crippen LogP contribution >= 0.6 is 0 Å². The van der Waals surface area contributed by atoms with Crippen LogP contribution in [0.5, 0.6) is 0 Å². The lowest BCUT2D eigenvalue weighted by molar-refractivity contribution is 0.349. The highest BCUT2D eigenvalue weighted by molar-refractivity contribution is 7.89. The highest BCUT2D eigenvalue weighted by Gasteiger charge is 2.27. The molecule has 0 aliphatic rings. The first-order chi connectivity index (χ1) is 8.34. The zero-order valence-electron chi connectivity index (χ0n) is 11.5. The Bertz CT molecular complexity index is 508. The van der Waals surface area contributed by atoms with Gasteiger partial charge >= 0.3 is 0 Å². The molecule has 0 aliphatic carbocycles. The van der Waals surface area contributed by atoms with Crippen molar-refractivity contribution in [1.29, 1.82) is 0 Å². The maximum absolute atomic E-state index is 12.5. The Hall–Kier alpha value is -1.07. The molecule has 0 atom stereocenters. The predicted molar refractivity (Wildman–Crippen MR) is 74.9 cm³/mol. The van der Waals surface area contributed by atoms with E-state index in [9.17, 15) is 8.42 Å². The lowest BCUT2D eigenvalue weighted by atomic mass is 10.2. The zero-order valence-corrected chi connectivity index (χ0v) is 12.3. The number of aryl methyl sites for hydroxylation is 1. The van der Waals surface area contributed by atoms with E-state index in [-0.39, 0.29) is 6.04 Å². The van der Waals surface area contributed by atoms with Gasteiger partial charge < -0.3 is 5.73 Å². The first-order valence-electron chi connectivity index (χ1n) is 6.18. The van der Waals surface area contributed by atoms with Gasteiger partial charge in [0.25, 0.3) is 0 Å². The van der Waals surface area contributed by atoms with Gasteiger partial charge in [0.1, 0.15) is 0 Å². The Balaban J connectivity index is 3.25. The highest BCUT2D eigenvalue weighted by atomic mass is 32.2. The van der Waals surface area contributed by atoms with Gasteiger partial charge in [0.2, 0.25) is 10.0 Å². The van der Waals surface area contributed by atoms with Crippen molar-refractivity contribution in [1.82, 2.24) is 4.31 Å². The fourth-order valence-corrected chi connectivity index (χ4v) is 3.81. The number of nitrogens with zero attached hydrogens (tertiary/aromatic N) is 1. The van der Waals surface area contributed by atoms with Crippen LogP contribution < -0.4 is 5.73 Å². The number of anilines is 1. The largest absolute Gasteiger partial charge is 0.399 e. The third-order valence-corrected chi connectivity index (χ3v) is 5.38. The fraction of sp³-hybridized carbons (Fsp3) is 0.538. The van der Waals surface area contributed by atoms with Crippen molar-refractivity contribution in [2.45, 2.75) is 44.6 Å². The summed E-state index contributed by atoms with van der Waals surface area (Å²) >= 11 is 0. The van der Waals surface area contributed by atoms with E-state index >= 15 is 0 Å². The third kappa shape index (κ3) is 2.84. The van der Waals surface area contributed by atoms with E-state index in [4.69, 9.17) is 5.73 Å². The standard InChI is InChI=1S/C13H22N2O2S/c1-5-12(6-2)15(4)18(16,17)13-9-11(14)8-7-10(13)3/h7-9,12H,5-6,14H2,1-4H3. The number of hydrogen-bond donors (Lipinski definition) is 1. The Kier molecular flexibility index (Phi) is 4.76. The van der Waals surface area contributed by atoms with Crippen molar-refractivity contribution in [2.75, 3.05) is 12.8 Å². The summed E-state index contributed by atoms with van der Waals surface area (Å²) < 4.78 is 26.5. The van der Waals surface area contributed by atoms with Crippen molar-refractivity contribution >= 4 is 15.7 Å². The molecule has 1 aromatic rings. The summed E-state index contributed by atoms with van der Waals surface area (Å²) in [4.78, 5) is 0.303. The molecular weight excluding hydrogens is 248 g/mol. The van der Waals surface area contributed by atoms with Gasteiger partial charge in [0, 0.05) is 18.8 Å². The normalized spacial score (nSPS) is 12.3. The van der Waals surface area contributed by atoms with Gasteiger partial charge in [-0.05, 0) is 37.5 Å². The molecule has 0 aromatic heterocycles. The van der Waals surface area contributed by atoms with Gasteiger partial charge in [-0.3, -0.25) is 0 Å². The van der Waals surface area contributed by atoms with Crippen LogP contribution in [0.2, 0.25) is 0 Å². The van der Waals surface area contributed by atoms with Gasteiger partial charge in [-0.1, -0.05) is 19.9 Å². The van der Waals surface area contributed by atoms with Crippen LogP contribution in [0.3, 0.4) is 0 Å². The van der Waals surface area contributed by atoms with Crippen molar-refractivity contribution in [3.63, 3.8) is 0 Å². The summed E-state index contributed by atoms with van der Waals surface area (Å²) in [7, 11) is -1.83. The van der Waals surface area contributed by atoms with Crippen molar-refractivity contribution in [2.24, 2.45) is 0 Å². The summed E-state index contributed by atoms with van der Waals surface area (Å²) in [5, 5.41) is 0. The summed E-state index contributed by atoms with van der Waals surface area (Å²) in [6, 6.07) is 5.01. The smallest absolute Gasteiger partial charge is 0.243 e. The summed E-state index contributed by atoms with van der Waals surface area (Å²) in [5.74, 6) is 0. The van der Waals surface area contributed by atoms with Crippen LogP contribution in [0.4, 0.5) is 5.69 Å². The molecule has 1 aromatic carbocycles. The molecule has 18 heavy (non-hydrogen) atoms. The first kappa shape index (κ1) is 15.0. The molecule has 0 bridgehead atoms. The maximum Gasteiger partial charge on any atom is 0.243 e. The number of sulfonamides is 1. The van der Waals surface area contributed by atoms with E-state index < -0.39 is 10.0 Å². The van der Waals surface area contributed by atoms with Gasteiger partial charge in [0.15, 0.2) is 0 Å². The van der Waals surface area contributed by atoms with E-state index in [1.54, 1.807) is 26.1 Å². The molecule has 0 unspecified atom stereocenters. The minimum Gasteiger partial charge on any atom is -0.399 e. The van der Waals surface area contributed by atoms with Crippen LogP contribution in [0.25, 0.3) is 0 Å². The third-order valence-electron chi connectivity index (χ3n) is 3.33. The van der Waals surface area contributed by atoms with Crippen molar-refractivity contribution in [3.05, 3.63) is 23.8 Å². The molecule has 0 radical (unpaired) electrons. The van der Waals surface area contributed by atoms with E-state index in [1.807, 2.05) is 13.8 Å². The van der Waals surface area contributed by atoms with E-state index in [2.05, 4.69) is 0 Å². The van der Waals surface area contributed by atoms with Crippen molar-refractivity contribution in [3.8, 4) is 0 Å². The molecule has 0 heterocycles. The SMILES string of the molecule is CCC(CC)N(C)S(=O)(=O)c1cc(N)ccc1C. The Labute approximate surface area is 110 Å². The van der Waals surface area contributed by atoms with Crippen LogP contribution in [-0.4, -0.2) is 25.8 Å². The Morgan fingerprint density at radius 3 is 2.33 bits per heavy atom. The molecule has 0 saturated heterocycles. The minimum atomic E-state index is -3.46. The molecule has 1 rings (SSSR count). The number of nitrogen functional groups attached to an aromatic ring is 1. The van der Waals surface area contributed by atoms with Crippen molar-refractivity contribution < 1.29 is 8.42 Å². The number of rotatable bonds is 5. The second kappa shape index (κ2) is 5.71. The molecule has 2 N–H and O–H groups in total. The summed E-state index contributed by atoms with van der Waals surface area (Å²) in [6.45, 7) is 5.77. The average Bonchev–Trinajstić information content (AvgIpc) is 2.33. The molecule has 0 saturated carbocycles. The highest BCUT2D eigenvalue weighted by Crippen LogP contribution is 2.24. The molecule has 5 heteroatoms. The van der Waals surface area contributed by atoms with E-state index in [1.165, 1.54) is 10.4 Å². The molecule has 102 valence electrons. The number of nitrogens with two attached hydrogens (primary N) is 1. The van der Waals surface area contributed by atoms with Crippen LogP contribution in [0, 0.1) is 6.92 Å². The van der Waals surface area contributed by atoms with Crippen LogP contribution in [-0.2, 0) is 10.0 Å². The molecule has 0 aliphatic heterocycles. The molecule has 0 fully saturated rings. The number of hydrogen-bond acceptors (Lipinski definition) is 3. The second-order valence-corrected chi connectivity index (χ2v) is 6.48. The Morgan fingerprint density at radius 2 is 1.83 bits per heavy atom. The average molecular weight is 270 g/mol. The summed E-state index contributed by atoms with van der Waals surface area (Å²) in [6.07, 6.45) is 1.60. The van der Waals surface area contributed by atoms with E-state index in [0.717, 1.165) is 18.4 Å². The number of benzene rings is 1. The molecular formula is C13H22N2O2S. The molecule has 0 spiro atoms. The van der Waals surface area contributed by atoms with Crippen LogP contribution in [0.1, 0.15) is 32.3 Å². The first-order valence-corrected chi connectivity index (χ1v) is 7.62. The fourth-order valence-electron chi connectivity index (χ4n) is 2.05. The molecule has 0 amide bonds. The second-order valence-electron chi connectivity index (χ2n) is 4.52. The lowest BCUT2D eigenvalue weighted by Gasteiger charge is -2.26. The van der Waals surface area contributed by atoms with Gasteiger partial charge in [0.05, 0.1) is 4.90 Å². The monoisotopic (exact) mass is 270 g/mol. The minimum absolute atomic E-state index is 0.0239. The molecule has 4 nitrogen and oxygen atoms in total. The Morgan fingerprint density at radius 1 is 1.28 bits per heavy atom. The zero-order chi connectivity index (χ0) is 13.9. The predicted octanol–water partition coefficient (Wildman–Crippen LogP) is 2.39. The van der Waals surface area contributed by atoms with Gasteiger partial charge in [-0.2, -0.15) is 4.31 Å².